The number of nitrogens with two attached hydrogens (primary N) is 1. The summed E-state index contributed by atoms with van der Waals surface area (Å²) >= 11 is 0. The first-order chi connectivity index (χ1) is 9.40. The predicted molar refractivity (Wildman–Crippen MR) is 81.3 cm³/mol. The van der Waals surface area contributed by atoms with Crippen molar-refractivity contribution in [1.29, 1.82) is 0 Å². The maximum Gasteiger partial charge on any atom is 0.235 e. The summed E-state index contributed by atoms with van der Waals surface area (Å²) in [6, 6.07) is 5.67. The van der Waals surface area contributed by atoms with Gasteiger partial charge in [0.15, 0.2) is 5.84 Å². The van der Waals surface area contributed by atoms with E-state index < -0.39 is 5.92 Å². The molecule has 0 saturated carbocycles. The quantitative estimate of drug-likeness (QED) is 0.331. The Morgan fingerprint density at radius 2 is 2.15 bits per heavy atom. The van der Waals surface area contributed by atoms with Crippen molar-refractivity contribution in [3.63, 3.8) is 0 Å². The summed E-state index contributed by atoms with van der Waals surface area (Å²) in [5.41, 5.74) is 8.35. The minimum Gasteiger partial charge on any atom is -0.409 e. The SMILES string of the molecule is CCC(C(=O)Nc1ccc(C)c(N(C)C)c1)/C(N)=N/O. The summed E-state index contributed by atoms with van der Waals surface area (Å²) in [4.78, 5) is 14.1. The molecule has 1 aromatic carbocycles. The van der Waals surface area contributed by atoms with Gasteiger partial charge >= 0.3 is 0 Å². The number of nitrogens with one attached hydrogen (secondary N) is 1. The second-order valence-electron chi connectivity index (χ2n) is 4.87. The number of hydrogen-bond donors (Lipinski definition) is 3. The first-order valence-electron chi connectivity index (χ1n) is 6.47. The maximum atomic E-state index is 12.1. The number of oxime groups is 1. The molecule has 0 fully saturated rings. The number of carbonyl (C=O) groups excluding carboxylic acids is 1. The van der Waals surface area contributed by atoms with E-state index in [4.69, 9.17) is 10.9 Å². The van der Waals surface area contributed by atoms with E-state index in [1.165, 1.54) is 0 Å². The molecule has 0 aromatic heterocycles. The fourth-order valence-electron chi connectivity index (χ4n) is 2.00. The topological polar surface area (TPSA) is 91.0 Å². The summed E-state index contributed by atoms with van der Waals surface area (Å²) in [6.45, 7) is 3.81. The average molecular weight is 278 g/mol. The largest absolute Gasteiger partial charge is 0.409 e. The standard InChI is InChI=1S/C14H22N4O2/c1-5-11(13(15)17-20)14(19)16-10-7-6-9(2)12(8-10)18(3)4/h6-8,11,20H,5H2,1-4H3,(H2,15,17)(H,16,19). The number of nitrogens with zero attached hydrogens (tertiary/aromatic N) is 2. The summed E-state index contributed by atoms with van der Waals surface area (Å²) < 4.78 is 0. The molecule has 6 heteroatoms. The van der Waals surface area contributed by atoms with E-state index in [2.05, 4.69) is 10.5 Å². The van der Waals surface area contributed by atoms with Crippen LogP contribution in [0.3, 0.4) is 0 Å². The molecule has 4 N–H and O–H groups in total. The summed E-state index contributed by atoms with van der Waals surface area (Å²) in [7, 11) is 3.89. The van der Waals surface area contributed by atoms with Crippen LogP contribution in [-0.4, -0.2) is 31.0 Å². The van der Waals surface area contributed by atoms with E-state index in [1.54, 1.807) is 0 Å². The third-order valence-corrected chi connectivity index (χ3v) is 3.16. The molecule has 6 nitrogen and oxygen atoms in total. The van der Waals surface area contributed by atoms with Crippen molar-refractivity contribution in [2.45, 2.75) is 20.3 Å². The lowest BCUT2D eigenvalue weighted by Gasteiger charge is -2.18. The van der Waals surface area contributed by atoms with Crippen LogP contribution < -0.4 is 16.0 Å². The highest BCUT2D eigenvalue weighted by Gasteiger charge is 2.21. The van der Waals surface area contributed by atoms with E-state index in [0.29, 0.717) is 12.1 Å². The first-order valence-corrected chi connectivity index (χ1v) is 6.47. The Bertz CT molecular complexity index is 512. The number of amidine groups is 1. The minimum atomic E-state index is -0.635. The molecule has 0 saturated heterocycles. The molecule has 1 amide bonds. The van der Waals surface area contributed by atoms with Gasteiger partial charge in [-0.05, 0) is 31.0 Å². The van der Waals surface area contributed by atoms with E-state index in [0.717, 1.165) is 11.3 Å². The van der Waals surface area contributed by atoms with Crippen molar-refractivity contribution in [1.82, 2.24) is 0 Å². The number of benzene rings is 1. The molecule has 0 spiro atoms. The van der Waals surface area contributed by atoms with Crippen LogP contribution in [0.15, 0.2) is 23.4 Å². The van der Waals surface area contributed by atoms with Crippen molar-refractivity contribution < 1.29 is 10.0 Å². The summed E-state index contributed by atoms with van der Waals surface area (Å²) in [5, 5.41) is 14.4. The Labute approximate surface area is 119 Å². The van der Waals surface area contributed by atoms with Crippen molar-refractivity contribution in [3.05, 3.63) is 23.8 Å². The highest BCUT2D eigenvalue weighted by molar-refractivity contribution is 6.07. The van der Waals surface area contributed by atoms with Gasteiger partial charge in [0.25, 0.3) is 0 Å². The predicted octanol–water partition coefficient (Wildman–Crippen LogP) is 1.77. The second kappa shape index (κ2) is 6.79. The first kappa shape index (κ1) is 15.8. The van der Waals surface area contributed by atoms with Gasteiger partial charge in [0.05, 0.1) is 5.92 Å². The molecule has 0 radical (unpaired) electrons. The maximum absolute atomic E-state index is 12.1. The molecular formula is C14H22N4O2. The zero-order chi connectivity index (χ0) is 15.3. The van der Waals surface area contributed by atoms with Crippen molar-refractivity contribution in [3.8, 4) is 0 Å². The summed E-state index contributed by atoms with van der Waals surface area (Å²) in [6.07, 6.45) is 0.466. The molecule has 1 unspecified atom stereocenters. The minimum absolute atomic E-state index is 0.0788. The molecule has 0 aliphatic rings. The number of hydrogen-bond acceptors (Lipinski definition) is 4. The Hall–Kier alpha value is -2.24. The number of aryl methyl sites for hydroxylation is 1. The molecule has 1 rings (SSSR count). The van der Waals surface area contributed by atoms with Gasteiger partial charge in [0, 0.05) is 25.5 Å². The molecule has 1 atom stereocenters. The molecule has 1 aromatic rings. The van der Waals surface area contributed by atoms with Crippen LogP contribution >= 0.6 is 0 Å². The smallest absolute Gasteiger partial charge is 0.235 e. The van der Waals surface area contributed by atoms with Gasteiger partial charge in [0.2, 0.25) is 5.91 Å². The average Bonchev–Trinajstić information content (AvgIpc) is 2.41. The van der Waals surface area contributed by atoms with Crippen molar-refractivity contribution in [2.24, 2.45) is 16.8 Å². The second-order valence-corrected chi connectivity index (χ2v) is 4.87. The highest BCUT2D eigenvalue weighted by Crippen LogP contribution is 2.23. The lowest BCUT2D eigenvalue weighted by molar-refractivity contribution is -0.118. The van der Waals surface area contributed by atoms with E-state index >= 15 is 0 Å². The van der Waals surface area contributed by atoms with Gasteiger partial charge in [-0.25, -0.2) is 0 Å². The van der Waals surface area contributed by atoms with Crippen LogP contribution in [0, 0.1) is 12.8 Å². The van der Waals surface area contributed by atoms with Crippen LogP contribution in [0.5, 0.6) is 0 Å². The molecule has 20 heavy (non-hydrogen) atoms. The van der Waals surface area contributed by atoms with Gasteiger partial charge in [-0.3, -0.25) is 4.79 Å². The number of anilines is 2. The van der Waals surface area contributed by atoms with Gasteiger partial charge in [-0.1, -0.05) is 18.1 Å². The van der Waals surface area contributed by atoms with Crippen LogP contribution in [0.1, 0.15) is 18.9 Å². The van der Waals surface area contributed by atoms with E-state index in [9.17, 15) is 4.79 Å². The van der Waals surface area contributed by atoms with E-state index in [-0.39, 0.29) is 11.7 Å². The van der Waals surface area contributed by atoms with Gasteiger partial charge < -0.3 is 21.2 Å². The van der Waals surface area contributed by atoms with Crippen LogP contribution in [0.25, 0.3) is 0 Å². The lowest BCUT2D eigenvalue weighted by Crippen LogP contribution is -2.34. The Morgan fingerprint density at radius 3 is 2.65 bits per heavy atom. The van der Waals surface area contributed by atoms with Gasteiger partial charge in [-0.15, -0.1) is 0 Å². The number of carbonyl (C=O) groups is 1. The highest BCUT2D eigenvalue weighted by atomic mass is 16.4. The zero-order valence-corrected chi connectivity index (χ0v) is 12.3. The lowest BCUT2D eigenvalue weighted by atomic mass is 10.0. The van der Waals surface area contributed by atoms with Crippen molar-refractivity contribution >= 4 is 23.1 Å². The number of amides is 1. The fraction of sp³-hybridized carbons (Fsp3) is 0.429. The third-order valence-electron chi connectivity index (χ3n) is 3.16. The van der Waals surface area contributed by atoms with Gasteiger partial charge in [-0.2, -0.15) is 0 Å². The zero-order valence-electron chi connectivity index (χ0n) is 12.3. The molecular weight excluding hydrogens is 256 g/mol. The van der Waals surface area contributed by atoms with Crippen LogP contribution in [0.2, 0.25) is 0 Å². The van der Waals surface area contributed by atoms with Crippen molar-refractivity contribution in [2.75, 3.05) is 24.3 Å². The Morgan fingerprint density at radius 1 is 1.50 bits per heavy atom. The molecule has 0 bridgehead atoms. The molecule has 110 valence electrons. The third kappa shape index (κ3) is 3.63. The normalized spacial score (nSPS) is 12.9. The van der Waals surface area contributed by atoms with E-state index in [1.807, 2.05) is 51.0 Å². The molecule has 0 aliphatic carbocycles. The Balaban J connectivity index is 2.93. The molecule has 0 heterocycles. The van der Waals surface area contributed by atoms with Gasteiger partial charge in [0.1, 0.15) is 0 Å². The van der Waals surface area contributed by atoms with Crippen LogP contribution in [0.4, 0.5) is 11.4 Å². The Kier molecular flexibility index (Phi) is 5.37. The molecule has 0 aliphatic heterocycles. The van der Waals surface area contributed by atoms with Crippen LogP contribution in [-0.2, 0) is 4.79 Å². The fourth-order valence-corrected chi connectivity index (χ4v) is 2.00. The summed E-state index contributed by atoms with van der Waals surface area (Å²) in [5.74, 6) is -0.995. The number of rotatable bonds is 5. The monoisotopic (exact) mass is 278 g/mol.